The summed E-state index contributed by atoms with van der Waals surface area (Å²) in [6.45, 7) is 3.18. The van der Waals surface area contributed by atoms with Crippen LogP contribution in [0.15, 0.2) is 12.1 Å². The van der Waals surface area contributed by atoms with Gasteiger partial charge in [-0.3, -0.25) is 4.79 Å². The third kappa shape index (κ3) is 4.90. The Hall–Kier alpha value is -2.38. The number of urea groups is 1. The molecule has 116 valence electrons. The minimum atomic E-state index is -0.941. The molecule has 3 amide bonds. The van der Waals surface area contributed by atoms with Crippen molar-refractivity contribution in [2.75, 3.05) is 12.4 Å². The van der Waals surface area contributed by atoms with Gasteiger partial charge in [0.2, 0.25) is 5.91 Å². The van der Waals surface area contributed by atoms with E-state index in [1.165, 1.54) is 0 Å². The Labute approximate surface area is 120 Å². The van der Waals surface area contributed by atoms with Crippen LogP contribution in [-0.2, 0) is 4.79 Å². The number of rotatable bonds is 5. The van der Waals surface area contributed by atoms with Crippen molar-refractivity contribution in [2.45, 2.75) is 25.8 Å². The molecule has 8 heteroatoms. The lowest BCUT2D eigenvalue weighted by molar-refractivity contribution is -0.119. The van der Waals surface area contributed by atoms with E-state index >= 15 is 0 Å². The maximum atomic E-state index is 13.5. The Morgan fingerprint density at radius 1 is 1.29 bits per heavy atom. The van der Waals surface area contributed by atoms with Crippen LogP contribution >= 0.6 is 0 Å². The van der Waals surface area contributed by atoms with Crippen LogP contribution in [0.4, 0.5) is 19.3 Å². The highest BCUT2D eigenvalue weighted by Gasteiger charge is 2.23. The fourth-order valence-corrected chi connectivity index (χ4v) is 1.78. The first-order valence-corrected chi connectivity index (χ1v) is 6.05. The molecule has 0 saturated carbocycles. The Morgan fingerprint density at radius 2 is 1.81 bits per heavy atom. The summed E-state index contributed by atoms with van der Waals surface area (Å²) in [5.74, 6) is -3.00. The maximum absolute atomic E-state index is 13.5. The number of methoxy groups -OCH3 is 1. The summed E-state index contributed by atoms with van der Waals surface area (Å²) >= 11 is 0. The Kier molecular flexibility index (Phi) is 5.07. The number of carbonyl (C=O) groups is 2. The highest BCUT2D eigenvalue weighted by molar-refractivity contribution is 5.90. The van der Waals surface area contributed by atoms with Crippen molar-refractivity contribution in [3.8, 4) is 5.75 Å². The van der Waals surface area contributed by atoms with E-state index in [4.69, 9.17) is 5.73 Å². The Bertz CT molecular complexity index is 539. The monoisotopic (exact) mass is 301 g/mol. The predicted octanol–water partition coefficient (Wildman–Crippen LogP) is 1.75. The first-order valence-electron chi connectivity index (χ1n) is 6.05. The molecule has 0 radical (unpaired) electrons. The summed E-state index contributed by atoms with van der Waals surface area (Å²) < 4.78 is 31.5. The van der Waals surface area contributed by atoms with Crippen molar-refractivity contribution in [1.29, 1.82) is 0 Å². The summed E-state index contributed by atoms with van der Waals surface area (Å²) in [4.78, 5) is 22.6. The fourth-order valence-electron chi connectivity index (χ4n) is 1.78. The van der Waals surface area contributed by atoms with E-state index in [2.05, 4.69) is 15.4 Å². The molecule has 1 rings (SSSR count). The van der Waals surface area contributed by atoms with Gasteiger partial charge in [0.05, 0.1) is 7.11 Å². The van der Waals surface area contributed by atoms with Gasteiger partial charge in [0.25, 0.3) is 0 Å². The molecule has 21 heavy (non-hydrogen) atoms. The number of amides is 3. The molecule has 0 saturated heterocycles. The maximum Gasteiger partial charge on any atom is 0.319 e. The number of anilines is 1. The zero-order valence-electron chi connectivity index (χ0n) is 11.9. The quantitative estimate of drug-likeness (QED) is 0.773. The molecule has 1 aromatic carbocycles. The minimum absolute atomic E-state index is 0.0776. The molecule has 4 N–H and O–H groups in total. The molecule has 6 nitrogen and oxygen atoms in total. The number of hydrogen-bond acceptors (Lipinski definition) is 3. The number of halogens is 2. The minimum Gasteiger partial charge on any atom is -0.491 e. The van der Waals surface area contributed by atoms with E-state index in [0.717, 1.165) is 19.2 Å². The number of primary amides is 1. The molecule has 0 aliphatic carbocycles. The summed E-state index contributed by atoms with van der Waals surface area (Å²) in [5.41, 5.74) is 4.08. The average molecular weight is 301 g/mol. The molecule has 0 atom stereocenters. The van der Waals surface area contributed by atoms with E-state index < -0.39 is 34.9 Å². The summed E-state index contributed by atoms with van der Waals surface area (Å²) in [6.07, 6.45) is -0.0776. The third-order valence-electron chi connectivity index (χ3n) is 2.53. The third-order valence-corrected chi connectivity index (χ3v) is 2.53. The van der Waals surface area contributed by atoms with Crippen LogP contribution in [-0.4, -0.2) is 24.6 Å². The molecule has 0 aliphatic heterocycles. The molecule has 1 aromatic rings. The number of carbonyl (C=O) groups excluding carboxylic acids is 2. The van der Waals surface area contributed by atoms with Crippen LogP contribution in [0.5, 0.6) is 5.75 Å². The van der Waals surface area contributed by atoms with Crippen molar-refractivity contribution >= 4 is 17.6 Å². The fraction of sp³-hybridized carbons (Fsp3) is 0.385. The van der Waals surface area contributed by atoms with Crippen LogP contribution in [0.1, 0.15) is 20.3 Å². The van der Waals surface area contributed by atoms with Gasteiger partial charge in [0.15, 0.2) is 17.4 Å². The van der Waals surface area contributed by atoms with Crippen molar-refractivity contribution < 1.29 is 23.1 Å². The first-order chi connectivity index (χ1) is 9.64. The van der Waals surface area contributed by atoms with Gasteiger partial charge in [-0.05, 0) is 13.8 Å². The van der Waals surface area contributed by atoms with Gasteiger partial charge in [0, 0.05) is 29.8 Å². The number of nitrogens with one attached hydrogen (secondary N) is 2. The Balaban J connectivity index is 2.78. The van der Waals surface area contributed by atoms with Crippen molar-refractivity contribution in [1.82, 2.24) is 5.32 Å². The molecule has 0 bridgehead atoms. The lowest BCUT2D eigenvalue weighted by Crippen LogP contribution is -2.47. The number of hydrogen-bond donors (Lipinski definition) is 3. The van der Waals surface area contributed by atoms with Crippen molar-refractivity contribution in [3.05, 3.63) is 23.8 Å². The van der Waals surface area contributed by atoms with Crippen LogP contribution in [0, 0.1) is 11.6 Å². The first kappa shape index (κ1) is 16.7. The molecule has 0 aliphatic rings. The highest BCUT2D eigenvalue weighted by atomic mass is 19.1. The van der Waals surface area contributed by atoms with E-state index in [9.17, 15) is 18.4 Å². The molecule has 0 aromatic heterocycles. The molecular weight excluding hydrogens is 284 g/mol. The van der Waals surface area contributed by atoms with E-state index in [1.54, 1.807) is 13.8 Å². The second kappa shape index (κ2) is 6.38. The average Bonchev–Trinajstić information content (AvgIpc) is 2.24. The Morgan fingerprint density at radius 3 is 2.24 bits per heavy atom. The zero-order valence-corrected chi connectivity index (χ0v) is 11.9. The van der Waals surface area contributed by atoms with Gasteiger partial charge >= 0.3 is 6.03 Å². The lowest BCUT2D eigenvalue weighted by atomic mass is 10.0. The lowest BCUT2D eigenvalue weighted by Gasteiger charge is -2.24. The molecule has 0 unspecified atom stereocenters. The molecule has 0 fully saturated rings. The normalized spacial score (nSPS) is 10.9. The van der Waals surface area contributed by atoms with Crippen molar-refractivity contribution in [2.24, 2.45) is 5.73 Å². The largest absolute Gasteiger partial charge is 0.491 e. The van der Waals surface area contributed by atoms with Gasteiger partial charge in [-0.15, -0.1) is 0 Å². The van der Waals surface area contributed by atoms with Gasteiger partial charge < -0.3 is 21.1 Å². The standard InChI is InChI=1S/C13H17F2N3O3/c1-13(2,6-10(16)19)18-12(20)17-7-4-8(14)11(21-3)9(15)5-7/h4-5H,6H2,1-3H3,(H2,16,19)(H2,17,18,20). The molecular formula is C13H17F2N3O3. The van der Waals surface area contributed by atoms with E-state index in [0.29, 0.717) is 0 Å². The van der Waals surface area contributed by atoms with Gasteiger partial charge in [-0.25, -0.2) is 13.6 Å². The van der Waals surface area contributed by atoms with Crippen LogP contribution in [0.25, 0.3) is 0 Å². The van der Waals surface area contributed by atoms with Gasteiger partial charge in [-0.2, -0.15) is 0 Å². The topological polar surface area (TPSA) is 93.4 Å². The smallest absolute Gasteiger partial charge is 0.319 e. The highest BCUT2D eigenvalue weighted by Crippen LogP contribution is 2.25. The molecule has 0 spiro atoms. The second-order valence-electron chi connectivity index (χ2n) is 5.08. The zero-order chi connectivity index (χ0) is 16.2. The number of nitrogens with two attached hydrogens (primary N) is 1. The van der Waals surface area contributed by atoms with Crippen LogP contribution in [0.3, 0.4) is 0 Å². The summed E-state index contributed by atoms with van der Waals surface area (Å²) in [6, 6.07) is 1.12. The van der Waals surface area contributed by atoms with Crippen molar-refractivity contribution in [3.63, 3.8) is 0 Å². The number of ether oxygens (including phenoxy) is 1. The summed E-state index contributed by atoms with van der Waals surface area (Å²) in [5, 5.41) is 4.74. The van der Waals surface area contributed by atoms with Gasteiger partial charge in [0.1, 0.15) is 0 Å². The predicted molar refractivity (Wildman–Crippen MR) is 73.0 cm³/mol. The van der Waals surface area contributed by atoms with E-state index in [-0.39, 0.29) is 12.1 Å². The van der Waals surface area contributed by atoms with Crippen LogP contribution in [0.2, 0.25) is 0 Å². The number of benzene rings is 1. The van der Waals surface area contributed by atoms with Crippen LogP contribution < -0.4 is 21.1 Å². The molecule has 0 heterocycles. The summed E-state index contributed by atoms with van der Waals surface area (Å²) in [7, 11) is 1.13. The SMILES string of the molecule is COc1c(F)cc(NC(=O)NC(C)(C)CC(N)=O)cc1F. The van der Waals surface area contributed by atoms with E-state index in [1.807, 2.05) is 0 Å². The van der Waals surface area contributed by atoms with Gasteiger partial charge in [-0.1, -0.05) is 0 Å². The second-order valence-corrected chi connectivity index (χ2v) is 5.08.